The third kappa shape index (κ3) is 4.33. The van der Waals surface area contributed by atoms with Crippen LogP contribution in [0.15, 0.2) is 22.8 Å². The lowest BCUT2D eigenvalue weighted by Crippen LogP contribution is -2.30. The highest BCUT2D eigenvalue weighted by Crippen LogP contribution is 2.20. The first-order valence-corrected chi connectivity index (χ1v) is 8.23. The molecule has 5 nitrogen and oxygen atoms in total. The SMILES string of the molecule is CN(Cc1ccco1)S(=O)(=O)CCC1CCOCC1. The molecule has 0 radical (unpaired) electrons. The highest BCUT2D eigenvalue weighted by Gasteiger charge is 2.22. The third-order valence-corrected chi connectivity index (χ3v) is 5.39. The predicted molar refractivity (Wildman–Crippen MR) is 72.1 cm³/mol. The molecule has 0 atom stereocenters. The van der Waals surface area contributed by atoms with E-state index in [4.69, 9.17) is 9.15 Å². The Morgan fingerprint density at radius 2 is 2.11 bits per heavy atom. The quantitative estimate of drug-likeness (QED) is 0.801. The van der Waals surface area contributed by atoms with Gasteiger partial charge in [0.05, 0.1) is 18.6 Å². The molecule has 1 aromatic heterocycles. The van der Waals surface area contributed by atoms with E-state index in [1.807, 2.05) is 0 Å². The van der Waals surface area contributed by atoms with E-state index in [-0.39, 0.29) is 5.75 Å². The topological polar surface area (TPSA) is 59.8 Å². The van der Waals surface area contributed by atoms with Gasteiger partial charge in [-0.3, -0.25) is 0 Å². The van der Waals surface area contributed by atoms with Crippen LogP contribution in [0.4, 0.5) is 0 Å². The van der Waals surface area contributed by atoms with Gasteiger partial charge in [-0.15, -0.1) is 0 Å². The normalized spacial score (nSPS) is 18.0. The van der Waals surface area contributed by atoms with Crippen molar-refractivity contribution in [2.24, 2.45) is 5.92 Å². The second-order valence-corrected chi connectivity index (χ2v) is 7.19. The number of sulfonamides is 1. The van der Waals surface area contributed by atoms with Crippen LogP contribution in [-0.2, 0) is 21.3 Å². The summed E-state index contributed by atoms with van der Waals surface area (Å²) < 4.78 is 36.1. The van der Waals surface area contributed by atoms with Crippen LogP contribution in [-0.4, -0.2) is 38.7 Å². The number of hydrogen-bond donors (Lipinski definition) is 0. The molecule has 1 aliphatic rings. The molecule has 0 unspecified atom stereocenters. The highest BCUT2D eigenvalue weighted by atomic mass is 32.2. The minimum absolute atomic E-state index is 0.203. The smallest absolute Gasteiger partial charge is 0.214 e. The predicted octanol–water partition coefficient (Wildman–Crippen LogP) is 1.86. The molecule has 2 heterocycles. The standard InChI is InChI=1S/C13H21NO4S/c1-14(11-13-3-2-7-18-13)19(15,16)10-6-12-4-8-17-9-5-12/h2-3,7,12H,4-6,8-11H2,1H3. The van der Waals surface area contributed by atoms with Crippen molar-refractivity contribution in [3.8, 4) is 0 Å². The molecule has 1 aliphatic heterocycles. The molecule has 0 aliphatic carbocycles. The van der Waals surface area contributed by atoms with Gasteiger partial charge in [-0.25, -0.2) is 8.42 Å². The molecule has 0 spiro atoms. The molecular weight excluding hydrogens is 266 g/mol. The van der Waals surface area contributed by atoms with Gasteiger partial charge in [0.15, 0.2) is 0 Å². The van der Waals surface area contributed by atoms with Gasteiger partial charge in [-0.1, -0.05) is 0 Å². The Hall–Kier alpha value is -0.850. The number of furan rings is 1. The van der Waals surface area contributed by atoms with Crippen molar-refractivity contribution in [3.63, 3.8) is 0 Å². The van der Waals surface area contributed by atoms with E-state index in [0.29, 0.717) is 24.6 Å². The first-order valence-electron chi connectivity index (χ1n) is 6.62. The first-order chi connectivity index (χ1) is 9.08. The van der Waals surface area contributed by atoms with Crippen LogP contribution < -0.4 is 0 Å². The van der Waals surface area contributed by atoms with Crippen molar-refractivity contribution < 1.29 is 17.6 Å². The van der Waals surface area contributed by atoms with Crippen molar-refractivity contribution in [2.75, 3.05) is 26.0 Å². The van der Waals surface area contributed by atoms with E-state index in [1.165, 1.54) is 4.31 Å². The second-order valence-electron chi connectivity index (χ2n) is 5.00. The van der Waals surface area contributed by atoms with Crippen molar-refractivity contribution in [3.05, 3.63) is 24.2 Å². The van der Waals surface area contributed by atoms with Gasteiger partial charge in [0, 0.05) is 20.3 Å². The molecule has 2 rings (SSSR count). The molecule has 0 aromatic carbocycles. The van der Waals surface area contributed by atoms with Gasteiger partial charge in [0.25, 0.3) is 0 Å². The summed E-state index contributed by atoms with van der Waals surface area (Å²) in [6.07, 6.45) is 4.21. The van der Waals surface area contributed by atoms with Crippen LogP contribution >= 0.6 is 0 Å². The molecule has 0 bridgehead atoms. The monoisotopic (exact) mass is 287 g/mol. The number of rotatable bonds is 6. The van der Waals surface area contributed by atoms with E-state index in [2.05, 4.69) is 0 Å². The fourth-order valence-electron chi connectivity index (χ4n) is 2.23. The van der Waals surface area contributed by atoms with Gasteiger partial charge in [-0.05, 0) is 37.3 Å². The zero-order chi connectivity index (χ0) is 13.7. The Balaban J connectivity index is 1.83. The summed E-state index contributed by atoms with van der Waals surface area (Å²) in [5, 5.41) is 0. The number of nitrogens with zero attached hydrogens (tertiary/aromatic N) is 1. The van der Waals surface area contributed by atoms with Crippen molar-refractivity contribution in [2.45, 2.75) is 25.8 Å². The molecule has 0 amide bonds. The minimum atomic E-state index is -3.20. The van der Waals surface area contributed by atoms with E-state index >= 15 is 0 Å². The Morgan fingerprint density at radius 1 is 1.37 bits per heavy atom. The molecule has 19 heavy (non-hydrogen) atoms. The fraction of sp³-hybridized carbons (Fsp3) is 0.692. The number of hydrogen-bond acceptors (Lipinski definition) is 4. The maximum atomic E-state index is 12.2. The van der Waals surface area contributed by atoms with Crippen LogP contribution in [0.2, 0.25) is 0 Å². The molecule has 1 fully saturated rings. The molecule has 0 saturated carbocycles. The van der Waals surface area contributed by atoms with Crippen molar-refractivity contribution in [1.82, 2.24) is 4.31 Å². The first kappa shape index (κ1) is 14.6. The van der Waals surface area contributed by atoms with Crippen LogP contribution in [0.3, 0.4) is 0 Å². The Kier molecular flexibility index (Phi) is 5.01. The lowest BCUT2D eigenvalue weighted by Gasteiger charge is -2.23. The van der Waals surface area contributed by atoms with E-state index in [1.54, 1.807) is 25.4 Å². The van der Waals surface area contributed by atoms with Crippen molar-refractivity contribution in [1.29, 1.82) is 0 Å². The van der Waals surface area contributed by atoms with Gasteiger partial charge in [0.2, 0.25) is 10.0 Å². The zero-order valence-electron chi connectivity index (χ0n) is 11.2. The summed E-state index contributed by atoms with van der Waals surface area (Å²) in [6.45, 7) is 1.81. The summed E-state index contributed by atoms with van der Waals surface area (Å²) >= 11 is 0. The molecule has 6 heteroatoms. The maximum Gasteiger partial charge on any atom is 0.214 e. The summed E-state index contributed by atoms with van der Waals surface area (Å²) in [4.78, 5) is 0. The summed E-state index contributed by atoms with van der Waals surface area (Å²) in [6, 6.07) is 3.54. The molecular formula is C13H21NO4S. The van der Waals surface area contributed by atoms with E-state index in [9.17, 15) is 8.42 Å². The summed E-state index contributed by atoms with van der Waals surface area (Å²) in [7, 11) is -1.60. The van der Waals surface area contributed by atoms with Crippen LogP contribution in [0.5, 0.6) is 0 Å². The maximum absolute atomic E-state index is 12.2. The third-order valence-electron chi connectivity index (χ3n) is 3.56. The molecule has 1 aromatic rings. The van der Waals surface area contributed by atoms with Gasteiger partial charge in [-0.2, -0.15) is 4.31 Å². The average molecular weight is 287 g/mol. The Morgan fingerprint density at radius 3 is 2.74 bits per heavy atom. The Bertz CT molecular complexity index is 463. The van der Waals surface area contributed by atoms with Gasteiger partial charge < -0.3 is 9.15 Å². The van der Waals surface area contributed by atoms with Crippen LogP contribution in [0.1, 0.15) is 25.0 Å². The number of ether oxygens (including phenoxy) is 1. The second kappa shape index (κ2) is 6.54. The summed E-state index contributed by atoms with van der Waals surface area (Å²) in [5.41, 5.74) is 0. The van der Waals surface area contributed by atoms with E-state index < -0.39 is 10.0 Å². The largest absolute Gasteiger partial charge is 0.468 e. The summed E-state index contributed by atoms with van der Waals surface area (Å²) in [5.74, 6) is 1.34. The van der Waals surface area contributed by atoms with E-state index in [0.717, 1.165) is 26.1 Å². The molecule has 1 saturated heterocycles. The molecule has 108 valence electrons. The molecule has 0 N–H and O–H groups in total. The Labute approximate surface area is 114 Å². The van der Waals surface area contributed by atoms with Crippen LogP contribution in [0, 0.1) is 5.92 Å². The minimum Gasteiger partial charge on any atom is -0.468 e. The fourth-order valence-corrected chi connectivity index (χ4v) is 3.49. The highest BCUT2D eigenvalue weighted by molar-refractivity contribution is 7.89. The van der Waals surface area contributed by atoms with Gasteiger partial charge >= 0.3 is 0 Å². The van der Waals surface area contributed by atoms with Crippen LogP contribution in [0.25, 0.3) is 0 Å². The van der Waals surface area contributed by atoms with Gasteiger partial charge in [0.1, 0.15) is 5.76 Å². The average Bonchev–Trinajstić information content (AvgIpc) is 2.90. The lowest BCUT2D eigenvalue weighted by atomic mass is 9.98. The van der Waals surface area contributed by atoms with Crippen molar-refractivity contribution >= 4 is 10.0 Å². The zero-order valence-corrected chi connectivity index (χ0v) is 12.1. The lowest BCUT2D eigenvalue weighted by molar-refractivity contribution is 0.0655.